The number of Topliss-reactive ketones (excluding diaryl/α,β-unsaturated/α-hetero) is 1. The van der Waals surface area contributed by atoms with Gasteiger partial charge in [-0.05, 0) is 23.9 Å². The number of rotatable bonds is 3. The van der Waals surface area contributed by atoms with Crippen molar-refractivity contribution in [2.45, 2.75) is 27.2 Å². The van der Waals surface area contributed by atoms with Crippen molar-refractivity contribution >= 4 is 16.6 Å². The van der Waals surface area contributed by atoms with Crippen molar-refractivity contribution in [2.24, 2.45) is 5.41 Å². The quantitative estimate of drug-likeness (QED) is 0.721. The highest BCUT2D eigenvalue weighted by atomic mass is 19.1. The largest absolute Gasteiger partial charge is 0.294 e. The first-order chi connectivity index (χ1) is 8.47. The summed E-state index contributed by atoms with van der Waals surface area (Å²) < 4.78 is 13.7. The van der Waals surface area contributed by atoms with Crippen LogP contribution in [0.1, 0.15) is 37.6 Å². The normalized spacial score (nSPS) is 11.8. The molecular formula is C16H17FO. The maximum Gasteiger partial charge on any atom is 0.169 e. The maximum absolute atomic E-state index is 13.7. The van der Waals surface area contributed by atoms with E-state index in [1.54, 1.807) is 24.3 Å². The highest BCUT2D eigenvalue weighted by Gasteiger charge is 2.27. The molecule has 2 rings (SSSR count). The molecule has 18 heavy (non-hydrogen) atoms. The number of hydrogen-bond donors (Lipinski definition) is 0. The van der Waals surface area contributed by atoms with E-state index < -0.39 is 5.41 Å². The van der Waals surface area contributed by atoms with Crippen molar-refractivity contribution in [2.75, 3.05) is 0 Å². The third-order valence-electron chi connectivity index (χ3n) is 3.61. The fourth-order valence-corrected chi connectivity index (χ4v) is 1.99. The Morgan fingerprint density at radius 1 is 1.11 bits per heavy atom. The minimum absolute atomic E-state index is 0.0706. The van der Waals surface area contributed by atoms with Gasteiger partial charge in [-0.3, -0.25) is 4.79 Å². The van der Waals surface area contributed by atoms with Crippen LogP contribution in [-0.2, 0) is 0 Å². The maximum atomic E-state index is 13.7. The summed E-state index contributed by atoms with van der Waals surface area (Å²) in [6.07, 6.45) is 0.761. The molecule has 0 fully saturated rings. The lowest BCUT2D eigenvalue weighted by molar-refractivity contribution is 0.0835. The van der Waals surface area contributed by atoms with Crippen molar-refractivity contribution in [1.29, 1.82) is 0 Å². The summed E-state index contributed by atoms with van der Waals surface area (Å²) in [4.78, 5) is 12.5. The van der Waals surface area contributed by atoms with Crippen LogP contribution in [0.4, 0.5) is 4.39 Å². The topological polar surface area (TPSA) is 17.1 Å². The van der Waals surface area contributed by atoms with Crippen LogP contribution < -0.4 is 0 Å². The molecule has 0 aliphatic rings. The summed E-state index contributed by atoms with van der Waals surface area (Å²) in [7, 11) is 0. The van der Waals surface area contributed by atoms with Crippen molar-refractivity contribution < 1.29 is 9.18 Å². The molecule has 0 amide bonds. The van der Waals surface area contributed by atoms with Gasteiger partial charge >= 0.3 is 0 Å². The molecular weight excluding hydrogens is 227 g/mol. The number of halogens is 1. The molecule has 2 aromatic rings. The van der Waals surface area contributed by atoms with Crippen molar-refractivity contribution in [1.82, 2.24) is 0 Å². The molecule has 0 saturated heterocycles. The molecule has 0 radical (unpaired) electrons. The molecule has 0 heterocycles. The van der Waals surface area contributed by atoms with Crippen molar-refractivity contribution in [3.8, 4) is 0 Å². The standard InChI is InChI=1S/C16H17FO/c1-4-16(2,3)15(18)13-9-10-14(17)12-8-6-5-7-11(12)13/h5-10H,4H2,1-3H3. The highest BCUT2D eigenvalue weighted by molar-refractivity contribution is 6.10. The summed E-state index contributed by atoms with van der Waals surface area (Å²) in [5.74, 6) is -0.211. The lowest BCUT2D eigenvalue weighted by Crippen LogP contribution is -2.23. The van der Waals surface area contributed by atoms with Gasteiger partial charge in [0.1, 0.15) is 5.82 Å². The third kappa shape index (κ3) is 2.03. The van der Waals surface area contributed by atoms with E-state index in [0.29, 0.717) is 16.3 Å². The van der Waals surface area contributed by atoms with Gasteiger partial charge in [0, 0.05) is 16.4 Å². The van der Waals surface area contributed by atoms with Crippen LogP contribution in [0.15, 0.2) is 36.4 Å². The number of carbonyl (C=O) groups is 1. The van der Waals surface area contributed by atoms with Crippen LogP contribution in [0.2, 0.25) is 0 Å². The zero-order valence-corrected chi connectivity index (χ0v) is 11.0. The summed E-state index contributed by atoms with van der Waals surface area (Å²) in [5.41, 5.74) is 0.194. The van der Waals surface area contributed by atoms with E-state index in [1.165, 1.54) is 6.07 Å². The van der Waals surface area contributed by atoms with E-state index in [9.17, 15) is 9.18 Å². The second-order valence-corrected chi connectivity index (χ2v) is 5.21. The molecule has 2 heteroatoms. The van der Waals surface area contributed by atoms with Gasteiger partial charge < -0.3 is 0 Å². The Hall–Kier alpha value is -1.70. The fraction of sp³-hybridized carbons (Fsp3) is 0.312. The highest BCUT2D eigenvalue weighted by Crippen LogP contribution is 2.30. The number of benzene rings is 2. The monoisotopic (exact) mass is 244 g/mol. The average Bonchev–Trinajstić information content (AvgIpc) is 2.39. The van der Waals surface area contributed by atoms with Crippen LogP contribution in [-0.4, -0.2) is 5.78 Å². The minimum atomic E-state index is -0.416. The predicted octanol–water partition coefficient (Wildman–Crippen LogP) is 4.60. The molecule has 2 aromatic carbocycles. The first-order valence-corrected chi connectivity index (χ1v) is 6.19. The van der Waals surface area contributed by atoms with E-state index in [2.05, 4.69) is 0 Å². The lowest BCUT2D eigenvalue weighted by atomic mass is 9.80. The molecule has 0 aliphatic carbocycles. The minimum Gasteiger partial charge on any atom is -0.294 e. The first kappa shape index (κ1) is 12.7. The molecule has 0 N–H and O–H groups in total. The summed E-state index contributed by atoms with van der Waals surface area (Å²) in [6.45, 7) is 5.84. The summed E-state index contributed by atoms with van der Waals surface area (Å²) in [5, 5.41) is 1.21. The number of ketones is 1. The molecule has 0 spiro atoms. The molecule has 1 nitrogen and oxygen atoms in total. The van der Waals surface area contributed by atoms with Gasteiger partial charge in [-0.15, -0.1) is 0 Å². The SMILES string of the molecule is CCC(C)(C)C(=O)c1ccc(F)c2ccccc12. The van der Waals surface area contributed by atoms with Gasteiger partial charge in [-0.25, -0.2) is 4.39 Å². The Bertz CT molecular complexity index is 599. The summed E-state index contributed by atoms with van der Waals surface area (Å²) >= 11 is 0. The molecule has 0 saturated carbocycles. The number of hydrogen-bond acceptors (Lipinski definition) is 1. The average molecular weight is 244 g/mol. The van der Waals surface area contributed by atoms with E-state index in [4.69, 9.17) is 0 Å². The van der Waals surface area contributed by atoms with Gasteiger partial charge in [0.05, 0.1) is 0 Å². The summed E-state index contributed by atoms with van der Waals surface area (Å²) in [6, 6.07) is 10.1. The Morgan fingerprint density at radius 3 is 2.33 bits per heavy atom. The zero-order chi connectivity index (χ0) is 13.3. The smallest absolute Gasteiger partial charge is 0.169 e. The van der Waals surface area contributed by atoms with Crippen molar-refractivity contribution in [3.63, 3.8) is 0 Å². The Labute approximate surface area is 107 Å². The molecule has 0 aliphatic heterocycles. The predicted molar refractivity (Wildman–Crippen MR) is 72.3 cm³/mol. The molecule has 94 valence electrons. The Balaban J connectivity index is 2.66. The zero-order valence-electron chi connectivity index (χ0n) is 11.0. The van der Waals surface area contributed by atoms with Crippen LogP contribution in [0.5, 0.6) is 0 Å². The second-order valence-electron chi connectivity index (χ2n) is 5.21. The van der Waals surface area contributed by atoms with Crippen LogP contribution >= 0.6 is 0 Å². The van der Waals surface area contributed by atoms with Gasteiger partial charge in [-0.2, -0.15) is 0 Å². The number of carbonyl (C=O) groups excluding carboxylic acids is 1. The van der Waals surface area contributed by atoms with Gasteiger partial charge in [0.15, 0.2) is 5.78 Å². The first-order valence-electron chi connectivity index (χ1n) is 6.19. The molecule has 0 unspecified atom stereocenters. The van der Waals surface area contributed by atoms with Gasteiger partial charge in [0.25, 0.3) is 0 Å². The van der Waals surface area contributed by atoms with Crippen molar-refractivity contribution in [3.05, 3.63) is 47.8 Å². The van der Waals surface area contributed by atoms with Crippen LogP contribution in [0, 0.1) is 11.2 Å². The molecule has 0 atom stereocenters. The van der Waals surface area contributed by atoms with Gasteiger partial charge in [-0.1, -0.05) is 45.0 Å². The van der Waals surface area contributed by atoms with Crippen LogP contribution in [0.3, 0.4) is 0 Å². The Morgan fingerprint density at radius 2 is 1.72 bits per heavy atom. The van der Waals surface area contributed by atoms with E-state index >= 15 is 0 Å². The van der Waals surface area contributed by atoms with Crippen LogP contribution in [0.25, 0.3) is 10.8 Å². The van der Waals surface area contributed by atoms with E-state index in [1.807, 2.05) is 26.8 Å². The molecule has 0 bridgehead atoms. The third-order valence-corrected chi connectivity index (χ3v) is 3.61. The van der Waals surface area contributed by atoms with E-state index in [0.717, 1.165) is 6.42 Å². The molecule has 0 aromatic heterocycles. The lowest BCUT2D eigenvalue weighted by Gasteiger charge is -2.21. The second kappa shape index (κ2) is 4.52. The Kier molecular flexibility index (Phi) is 3.20. The number of fused-ring (bicyclic) bond motifs is 1. The fourth-order valence-electron chi connectivity index (χ4n) is 1.99. The van der Waals surface area contributed by atoms with E-state index in [-0.39, 0.29) is 11.6 Å². The van der Waals surface area contributed by atoms with Gasteiger partial charge in [0.2, 0.25) is 0 Å².